The molecule has 1 fully saturated rings. The summed E-state index contributed by atoms with van der Waals surface area (Å²) in [7, 11) is 0. The van der Waals surface area contributed by atoms with Gasteiger partial charge in [-0.1, -0.05) is 68.2 Å². The lowest BCUT2D eigenvalue weighted by atomic mass is 9.74. The first-order valence-electron chi connectivity index (χ1n) is 9.41. The highest BCUT2D eigenvalue weighted by Crippen LogP contribution is 2.56. The van der Waals surface area contributed by atoms with Crippen molar-refractivity contribution in [2.75, 3.05) is 0 Å². The Kier molecular flexibility index (Phi) is 6.30. The third-order valence-corrected chi connectivity index (χ3v) is 4.88. The molecule has 3 heteroatoms. The Hall–Kier alpha value is -2.18. The quantitative estimate of drug-likeness (QED) is 0.771. The molecule has 146 valence electrons. The highest BCUT2D eigenvalue weighted by atomic mass is 16.2. The number of rotatable bonds is 3. The first-order valence-corrected chi connectivity index (χ1v) is 9.41. The molecule has 0 saturated heterocycles. The zero-order chi connectivity index (χ0) is 21.3. The van der Waals surface area contributed by atoms with E-state index in [-0.39, 0.29) is 28.9 Å². The summed E-state index contributed by atoms with van der Waals surface area (Å²) in [4.78, 5) is 26.0. The van der Waals surface area contributed by atoms with E-state index in [1.54, 1.807) is 0 Å². The van der Waals surface area contributed by atoms with Gasteiger partial charge >= 0.3 is 0 Å². The minimum atomic E-state index is -0.866. The molecule has 1 aliphatic rings. The molecule has 0 radical (unpaired) electrons. The maximum absolute atomic E-state index is 13.3. The van der Waals surface area contributed by atoms with Crippen LogP contribution in [0.1, 0.15) is 68.7 Å². The van der Waals surface area contributed by atoms with Gasteiger partial charge in [0, 0.05) is 22.7 Å². The maximum Gasteiger partial charge on any atom is 0.226 e. The van der Waals surface area contributed by atoms with E-state index in [2.05, 4.69) is 55.7 Å². The molecular weight excluding hydrogens is 334 g/mol. The summed E-state index contributed by atoms with van der Waals surface area (Å²) in [6.45, 7) is 17.5. The van der Waals surface area contributed by atoms with Gasteiger partial charge in [0.05, 0.1) is 0 Å². The van der Waals surface area contributed by atoms with Crippen molar-refractivity contribution in [3.05, 3.63) is 0 Å². The van der Waals surface area contributed by atoms with Crippen LogP contribution in [-0.2, 0) is 9.59 Å². The van der Waals surface area contributed by atoms with Gasteiger partial charge in [0.15, 0.2) is 5.78 Å². The monoisotopic (exact) mass is 367 g/mol. The first kappa shape index (κ1) is 22.9. The van der Waals surface area contributed by atoms with Gasteiger partial charge in [-0.05, 0) is 35.5 Å². The molecule has 0 bridgehead atoms. The minimum absolute atomic E-state index is 0.0457. The van der Waals surface area contributed by atoms with Gasteiger partial charge in [0.25, 0.3) is 0 Å². The summed E-state index contributed by atoms with van der Waals surface area (Å²) in [6, 6.07) is 0. The van der Waals surface area contributed by atoms with Crippen molar-refractivity contribution in [3.63, 3.8) is 0 Å². The number of nitrogens with one attached hydrogen (secondary N) is 1. The molecule has 0 heterocycles. The fourth-order valence-corrected chi connectivity index (χ4v) is 3.31. The molecule has 1 aliphatic carbocycles. The summed E-state index contributed by atoms with van der Waals surface area (Å²) >= 11 is 0. The van der Waals surface area contributed by atoms with Crippen molar-refractivity contribution in [2.45, 2.75) is 74.3 Å². The van der Waals surface area contributed by atoms with E-state index in [4.69, 9.17) is 6.42 Å². The number of carbonyl (C=O) groups is 2. The predicted molar refractivity (Wildman–Crippen MR) is 110 cm³/mol. The Morgan fingerprint density at radius 1 is 0.963 bits per heavy atom. The molecule has 1 N–H and O–H groups in total. The van der Waals surface area contributed by atoms with Crippen molar-refractivity contribution >= 4 is 11.7 Å². The van der Waals surface area contributed by atoms with E-state index in [1.165, 1.54) is 0 Å². The fourth-order valence-electron chi connectivity index (χ4n) is 3.31. The van der Waals surface area contributed by atoms with E-state index in [1.807, 2.05) is 41.5 Å². The lowest BCUT2D eigenvalue weighted by Crippen LogP contribution is -2.53. The minimum Gasteiger partial charge on any atom is -0.343 e. The standard InChI is InChI=1S/C24H33NO2/c1-11-12-13-14-15-17(21(2,3)4)18-16-24(18,19(26)22(5,6)7)25-20(27)23(8,9)10/h1,17-18H,16H2,2-10H3,(H,25,27)/t17?,18-,24-/m0/s1. The summed E-state index contributed by atoms with van der Waals surface area (Å²) < 4.78 is 0. The van der Waals surface area contributed by atoms with E-state index >= 15 is 0 Å². The molecule has 0 aromatic carbocycles. The topological polar surface area (TPSA) is 46.2 Å². The number of hydrogen-bond acceptors (Lipinski definition) is 2. The third kappa shape index (κ3) is 5.40. The van der Waals surface area contributed by atoms with Crippen molar-refractivity contribution in [2.24, 2.45) is 28.1 Å². The molecule has 27 heavy (non-hydrogen) atoms. The number of hydrogen-bond donors (Lipinski definition) is 1. The average Bonchev–Trinajstić information content (AvgIpc) is 3.17. The van der Waals surface area contributed by atoms with Gasteiger partial charge in [-0.3, -0.25) is 9.59 Å². The van der Waals surface area contributed by atoms with Crippen molar-refractivity contribution in [1.82, 2.24) is 5.32 Å². The van der Waals surface area contributed by atoms with E-state index in [0.29, 0.717) is 6.42 Å². The number of amides is 1. The number of Topliss-reactive ketones (excluding diaryl/α,β-unsaturated/α-hetero) is 1. The molecule has 1 saturated carbocycles. The number of carbonyl (C=O) groups excluding carboxylic acids is 2. The van der Waals surface area contributed by atoms with Crippen LogP contribution >= 0.6 is 0 Å². The van der Waals surface area contributed by atoms with Gasteiger partial charge in [0.1, 0.15) is 5.54 Å². The lowest BCUT2D eigenvalue weighted by Gasteiger charge is -2.33. The van der Waals surface area contributed by atoms with Gasteiger partial charge in [-0.2, -0.15) is 0 Å². The summed E-state index contributed by atoms with van der Waals surface area (Å²) in [5, 5.41) is 3.09. The van der Waals surface area contributed by atoms with Crippen LogP contribution in [-0.4, -0.2) is 17.2 Å². The molecule has 1 rings (SSSR count). The molecule has 1 amide bonds. The zero-order valence-corrected chi connectivity index (χ0v) is 18.3. The average molecular weight is 368 g/mol. The summed E-state index contributed by atoms with van der Waals surface area (Å²) in [5.41, 5.74) is -2.16. The van der Waals surface area contributed by atoms with Crippen molar-refractivity contribution < 1.29 is 9.59 Å². The Labute approximate surface area is 165 Å². The van der Waals surface area contributed by atoms with Gasteiger partial charge in [-0.15, -0.1) is 6.42 Å². The van der Waals surface area contributed by atoms with E-state index in [0.717, 1.165) is 0 Å². The molecule has 0 aromatic rings. The van der Waals surface area contributed by atoms with Crippen LogP contribution in [0.15, 0.2) is 0 Å². The predicted octanol–water partition coefficient (Wildman–Crippen LogP) is 3.82. The molecular formula is C24H33NO2. The zero-order valence-electron chi connectivity index (χ0n) is 18.3. The molecule has 0 aromatic heterocycles. The first-order chi connectivity index (χ1) is 12.1. The summed E-state index contributed by atoms with van der Waals surface area (Å²) in [6.07, 6.45) is 5.75. The van der Waals surface area contributed by atoms with Crippen LogP contribution in [0, 0.1) is 64.1 Å². The SMILES string of the molecule is C#CC#CC#CC([C@@H]1C[C@@]1(NC(=O)C(C)(C)C)C(=O)C(C)(C)C)C(C)(C)C. The van der Waals surface area contributed by atoms with Crippen molar-refractivity contribution in [3.8, 4) is 36.0 Å². The van der Waals surface area contributed by atoms with Crippen LogP contribution in [0.5, 0.6) is 0 Å². The fraction of sp³-hybridized carbons (Fsp3) is 0.667. The second-order valence-electron chi connectivity index (χ2n) is 10.6. The van der Waals surface area contributed by atoms with Gasteiger partial charge < -0.3 is 5.32 Å². The summed E-state index contributed by atoms with van der Waals surface area (Å²) in [5.74, 6) is 13.3. The Morgan fingerprint density at radius 2 is 1.52 bits per heavy atom. The van der Waals surface area contributed by atoms with Crippen LogP contribution < -0.4 is 5.32 Å². The normalized spacial score (nSPS) is 22.9. The van der Waals surface area contributed by atoms with Crippen LogP contribution in [0.3, 0.4) is 0 Å². The molecule has 0 spiro atoms. The Bertz CT molecular complexity index is 770. The van der Waals surface area contributed by atoms with Crippen LogP contribution in [0.4, 0.5) is 0 Å². The molecule has 3 atom stereocenters. The largest absolute Gasteiger partial charge is 0.343 e. The maximum atomic E-state index is 13.3. The van der Waals surface area contributed by atoms with Gasteiger partial charge in [-0.25, -0.2) is 0 Å². The second-order valence-corrected chi connectivity index (χ2v) is 10.6. The lowest BCUT2D eigenvalue weighted by molar-refractivity contribution is -0.137. The van der Waals surface area contributed by atoms with Gasteiger partial charge in [0.2, 0.25) is 5.91 Å². The molecule has 1 unspecified atom stereocenters. The third-order valence-electron chi connectivity index (χ3n) is 4.88. The van der Waals surface area contributed by atoms with E-state index < -0.39 is 16.4 Å². The van der Waals surface area contributed by atoms with E-state index in [9.17, 15) is 9.59 Å². The highest BCUT2D eigenvalue weighted by molar-refractivity contribution is 6.00. The number of terminal acetylenes is 1. The van der Waals surface area contributed by atoms with Crippen LogP contribution in [0.25, 0.3) is 0 Å². The number of ketones is 1. The highest BCUT2D eigenvalue weighted by Gasteiger charge is 2.66. The Balaban J connectivity index is 3.35. The molecule has 3 nitrogen and oxygen atoms in total. The van der Waals surface area contributed by atoms with Crippen LogP contribution in [0.2, 0.25) is 0 Å². The second kappa shape index (κ2) is 7.44. The smallest absolute Gasteiger partial charge is 0.226 e. The van der Waals surface area contributed by atoms with Crippen molar-refractivity contribution in [1.29, 1.82) is 0 Å². The Morgan fingerprint density at radius 3 is 1.93 bits per heavy atom. The molecule has 0 aliphatic heterocycles.